The molecule has 2 fully saturated rings. The van der Waals surface area contributed by atoms with Gasteiger partial charge in [0.25, 0.3) is 0 Å². The van der Waals surface area contributed by atoms with E-state index in [1.807, 2.05) is 30.3 Å². The van der Waals surface area contributed by atoms with Crippen molar-refractivity contribution in [3.05, 3.63) is 46.0 Å². The number of likely N-dealkylation sites (tertiary alicyclic amines) is 1. The minimum atomic E-state index is -1.75. The third-order valence-electron chi connectivity index (χ3n) is 6.09. The number of imide groups is 1. The van der Waals surface area contributed by atoms with Crippen molar-refractivity contribution in [1.82, 2.24) is 4.90 Å². The maximum atomic E-state index is 13.3. The third kappa shape index (κ3) is 2.08. The topological polar surface area (TPSA) is 55.8 Å². The molecular weight excluding hydrogens is 448 g/mol. The van der Waals surface area contributed by atoms with Crippen LogP contribution in [-0.4, -0.2) is 53.0 Å². The van der Waals surface area contributed by atoms with Crippen LogP contribution in [-0.2, 0) is 25.5 Å². The van der Waals surface area contributed by atoms with Crippen LogP contribution in [0.25, 0.3) is 0 Å². The second-order valence-electron chi connectivity index (χ2n) is 7.10. The Bertz CT molecular complexity index is 841. The molecule has 1 aromatic carbocycles. The lowest BCUT2D eigenvalue weighted by Crippen LogP contribution is -2.60. The van der Waals surface area contributed by atoms with Crippen molar-refractivity contribution < 1.29 is 19.1 Å². The van der Waals surface area contributed by atoms with Gasteiger partial charge in [0.2, 0.25) is 17.6 Å². The predicted octanol–water partition coefficient (Wildman–Crippen LogP) is 3.49. The van der Waals surface area contributed by atoms with E-state index in [9.17, 15) is 9.59 Å². The number of carbonyl (C=O) groups excluding carboxylic acids is 2. The van der Waals surface area contributed by atoms with E-state index in [1.54, 1.807) is 0 Å². The highest BCUT2D eigenvalue weighted by molar-refractivity contribution is 6.53. The molecule has 0 radical (unpaired) electrons. The number of fused-ring (bicyclic) bond motifs is 5. The molecule has 0 spiro atoms. The van der Waals surface area contributed by atoms with Crippen LogP contribution in [0, 0.1) is 11.8 Å². The third-order valence-corrected chi connectivity index (χ3v) is 8.70. The number of methoxy groups -OCH3 is 2. The molecule has 0 aromatic heterocycles. The summed E-state index contributed by atoms with van der Waals surface area (Å²) in [5, 5.41) is -0.0521. The van der Waals surface area contributed by atoms with E-state index < -0.39 is 39.2 Å². The zero-order chi connectivity index (χ0) is 20.5. The molecule has 1 saturated carbocycles. The largest absolute Gasteiger partial charge is 0.350 e. The Morgan fingerprint density at radius 2 is 1.39 bits per heavy atom. The first-order chi connectivity index (χ1) is 13.2. The van der Waals surface area contributed by atoms with Gasteiger partial charge in [-0.1, -0.05) is 53.5 Å². The van der Waals surface area contributed by atoms with Gasteiger partial charge in [-0.2, -0.15) is 0 Å². The first-order valence-electron chi connectivity index (χ1n) is 8.65. The Morgan fingerprint density at radius 1 is 0.929 bits per heavy atom. The molecule has 1 aromatic rings. The average Bonchev–Trinajstić information content (AvgIpc) is 3.11. The van der Waals surface area contributed by atoms with Crippen LogP contribution in [0.3, 0.4) is 0 Å². The molecular formula is C19H17Cl4NO4. The minimum Gasteiger partial charge on any atom is -0.350 e. The van der Waals surface area contributed by atoms with Crippen molar-refractivity contribution >= 4 is 58.2 Å². The van der Waals surface area contributed by atoms with Gasteiger partial charge >= 0.3 is 0 Å². The molecule has 2 aliphatic carbocycles. The Morgan fingerprint density at radius 3 is 1.82 bits per heavy atom. The fraction of sp³-hybridized carbons (Fsp3) is 0.474. The second-order valence-corrected chi connectivity index (χ2v) is 9.04. The van der Waals surface area contributed by atoms with Crippen LogP contribution in [0.15, 0.2) is 40.4 Å². The molecule has 3 aliphatic rings. The number of halogens is 4. The SMILES string of the molecule is COC1(OC)[C@@]2(Cl)C(Cl)=C(Cl)[C@]1(Cl)[C@H]1C(=O)N(CCc3ccccc3)C(=O)[C@@H]12. The average molecular weight is 465 g/mol. The predicted molar refractivity (Wildman–Crippen MR) is 106 cm³/mol. The fourth-order valence-electron chi connectivity index (χ4n) is 4.87. The summed E-state index contributed by atoms with van der Waals surface area (Å²) in [6.45, 7) is 0.205. The monoisotopic (exact) mass is 463 g/mol. The zero-order valence-electron chi connectivity index (χ0n) is 15.0. The smallest absolute Gasteiger partial charge is 0.235 e. The molecule has 4 rings (SSSR count). The van der Waals surface area contributed by atoms with Gasteiger partial charge in [0, 0.05) is 20.8 Å². The molecule has 28 heavy (non-hydrogen) atoms. The Kier molecular flexibility index (Phi) is 4.82. The quantitative estimate of drug-likeness (QED) is 0.380. The maximum Gasteiger partial charge on any atom is 0.235 e. The fourth-order valence-corrected chi connectivity index (χ4v) is 7.03. The van der Waals surface area contributed by atoms with E-state index in [0.29, 0.717) is 6.42 Å². The number of nitrogens with zero attached hydrogens (tertiary/aromatic N) is 1. The van der Waals surface area contributed by atoms with Crippen molar-refractivity contribution in [1.29, 1.82) is 0 Å². The van der Waals surface area contributed by atoms with Gasteiger partial charge in [0.15, 0.2) is 0 Å². The van der Waals surface area contributed by atoms with Crippen molar-refractivity contribution in [2.75, 3.05) is 20.8 Å². The summed E-state index contributed by atoms with van der Waals surface area (Å²) in [6.07, 6.45) is 0.511. The Hall–Kier alpha value is -0.820. The summed E-state index contributed by atoms with van der Waals surface area (Å²) >= 11 is 26.6. The highest BCUT2D eigenvalue weighted by Crippen LogP contribution is 2.75. The summed E-state index contributed by atoms with van der Waals surface area (Å²) in [4.78, 5) is 24.3. The summed E-state index contributed by atoms with van der Waals surface area (Å²) in [7, 11) is 2.67. The normalized spacial score (nSPS) is 35.9. The maximum absolute atomic E-state index is 13.3. The number of ether oxygens (including phenoxy) is 2. The highest BCUT2D eigenvalue weighted by Gasteiger charge is 2.89. The van der Waals surface area contributed by atoms with Gasteiger partial charge in [0.05, 0.1) is 21.9 Å². The van der Waals surface area contributed by atoms with Gasteiger partial charge in [-0.25, -0.2) is 0 Å². The van der Waals surface area contributed by atoms with E-state index in [4.69, 9.17) is 55.9 Å². The van der Waals surface area contributed by atoms with Crippen LogP contribution in [0.2, 0.25) is 0 Å². The number of carbonyl (C=O) groups is 2. The van der Waals surface area contributed by atoms with Crippen LogP contribution >= 0.6 is 46.4 Å². The van der Waals surface area contributed by atoms with Gasteiger partial charge in [-0.3, -0.25) is 14.5 Å². The summed E-state index contributed by atoms with van der Waals surface area (Å²) in [6, 6.07) is 9.55. The van der Waals surface area contributed by atoms with Crippen molar-refractivity contribution in [2.24, 2.45) is 11.8 Å². The molecule has 1 saturated heterocycles. The Balaban J connectivity index is 1.74. The van der Waals surface area contributed by atoms with Crippen LogP contribution in [0.5, 0.6) is 0 Å². The number of hydrogen-bond acceptors (Lipinski definition) is 4. The van der Waals surface area contributed by atoms with E-state index in [1.165, 1.54) is 19.1 Å². The summed E-state index contributed by atoms with van der Waals surface area (Å²) in [5.74, 6) is -4.73. The van der Waals surface area contributed by atoms with Crippen molar-refractivity contribution in [2.45, 2.75) is 22.0 Å². The standard InChI is InChI=1S/C19H17Cl4NO4/c1-27-19(28-2)17(22)11-12(18(19,23)14(21)13(17)20)16(26)24(15(11)25)9-8-10-6-4-3-5-7-10/h3-7,11-12H,8-9H2,1-2H3/t11-,12-,17-,18+/m1/s1. The molecule has 2 bridgehead atoms. The van der Waals surface area contributed by atoms with Gasteiger partial charge in [0.1, 0.15) is 9.75 Å². The highest BCUT2D eigenvalue weighted by atomic mass is 35.5. The molecule has 1 aliphatic heterocycles. The molecule has 0 unspecified atom stereocenters. The second kappa shape index (κ2) is 6.59. The van der Waals surface area contributed by atoms with Crippen molar-refractivity contribution in [3.63, 3.8) is 0 Å². The number of amides is 2. The molecule has 5 nitrogen and oxygen atoms in total. The van der Waals surface area contributed by atoms with E-state index in [0.717, 1.165) is 5.56 Å². The minimum absolute atomic E-state index is 0.0261. The molecule has 2 amide bonds. The Labute approximate surface area is 182 Å². The number of hydrogen-bond donors (Lipinski definition) is 0. The van der Waals surface area contributed by atoms with Crippen LogP contribution < -0.4 is 0 Å². The van der Waals surface area contributed by atoms with Gasteiger partial charge in [-0.05, 0) is 12.0 Å². The lowest BCUT2D eigenvalue weighted by Gasteiger charge is -2.42. The van der Waals surface area contributed by atoms with E-state index >= 15 is 0 Å². The summed E-state index contributed by atoms with van der Waals surface area (Å²) < 4.78 is 11.1. The molecule has 0 N–H and O–H groups in total. The van der Waals surface area contributed by atoms with Crippen molar-refractivity contribution in [3.8, 4) is 0 Å². The number of benzene rings is 1. The molecule has 4 atom stereocenters. The zero-order valence-corrected chi connectivity index (χ0v) is 18.1. The van der Waals surface area contributed by atoms with E-state index in [2.05, 4.69) is 0 Å². The molecule has 9 heteroatoms. The molecule has 1 heterocycles. The van der Waals surface area contributed by atoms with Crippen LogP contribution in [0.4, 0.5) is 0 Å². The van der Waals surface area contributed by atoms with Crippen LogP contribution in [0.1, 0.15) is 5.56 Å². The van der Waals surface area contributed by atoms with Gasteiger partial charge < -0.3 is 9.47 Å². The summed E-state index contributed by atoms with van der Waals surface area (Å²) in [5.41, 5.74) is 1.00. The first kappa shape index (κ1) is 20.5. The lowest BCUT2D eigenvalue weighted by atomic mass is 9.84. The first-order valence-corrected chi connectivity index (χ1v) is 10.2. The number of alkyl halides is 2. The van der Waals surface area contributed by atoms with Gasteiger partial charge in [-0.15, -0.1) is 23.2 Å². The van der Waals surface area contributed by atoms with E-state index in [-0.39, 0.29) is 16.6 Å². The lowest BCUT2D eigenvalue weighted by molar-refractivity contribution is -0.222. The number of rotatable bonds is 5. The molecule has 150 valence electrons.